The molecule has 0 radical (unpaired) electrons. The van der Waals surface area contributed by atoms with E-state index in [0.717, 1.165) is 11.4 Å². The molecule has 0 saturated heterocycles. The zero-order valence-electron chi connectivity index (χ0n) is 10.1. The van der Waals surface area contributed by atoms with Crippen LogP contribution in [-0.2, 0) is 0 Å². The van der Waals surface area contributed by atoms with Crippen LogP contribution in [0.1, 0.15) is 37.3 Å². The van der Waals surface area contributed by atoms with Crippen LogP contribution < -0.4 is 5.32 Å². The molecule has 6 heteroatoms. The van der Waals surface area contributed by atoms with Gasteiger partial charge in [-0.2, -0.15) is 5.10 Å². The number of aromatic nitrogens is 3. The molecule has 0 saturated carbocycles. The van der Waals surface area contributed by atoms with Crippen LogP contribution in [0.25, 0.3) is 0 Å². The second-order valence-electron chi connectivity index (χ2n) is 4.15. The lowest BCUT2D eigenvalue weighted by Crippen LogP contribution is -2.23. The Labute approximate surface area is 116 Å². The van der Waals surface area contributed by atoms with E-state index in [0.29, 0.717) is 10.0 Å². The summed E-state index contributed by atoms with van der Waals surface area (Å²) in [5.41, 5.74) is 0.968. The molecule has 1 aromatic carbocycles. The van der Waals surface area contributed by atoms with Gasteiger partial charge in [0.2, 0.25) is 0 Å². The number of aromatic amines is 1. The van der Waals surface area contributed by atoms with Crippen molar-refractivity contribution in [3.63, 3.8) is 0 Å². The number of hydrogen-bond acceptors (Lipinski definition) is 3. The van der Waals surface area contributed by atoms with E-state index < -0.39 is 0 Å². The first kappa shape index (κ1) is 13.3. The van der Waals surface area contributed by atoms with Gasteiger partial charge in [0.1, 0.15) is 12.2 Å². The van der Waals surface area contributed by atoms with Crippen LogP contribution >= 0.6 is 23.2 Å². The summed E-state index contributed by atoms with van der Waals surface area (Å²) in [5, 5.41) is 11.4. The summed E-state index contributed by atoms with van der Waals surface area (Å²) < 4.78 is 0. The average Bonchev–Trinajstić information content (AvgIpc) is 2.85. The van der Waals surface area contributed by atoms with Gasteiger partial charge in [0.25, 0.3) is 0 Å². The van der Waals surface area contributed by atoms with Crippen LogP contribution in [-0.4, -0.2) is 15.2 Å². The summed E-state index contributed by atoms with van der Waals surface area (Å²) in [6, 6.07) is 5.57. The second kappa shape index (κ2) is 5.69. The van der Waals surface area contributed by atoms with E-state index in [1.54, 1.807) is 12.1 Å². The van der Waals surface area contributed by atoms with Crippen molar-refractivity contribution in [2.75, 3.05) is 0 Å². The maximum atomic E-state index is 6.17. The molecule has 1 aromatic heterocycles. The lowest BCUT2D eigenvalue weighted by Gasteiger charge is -2.19. The predicted octanol–water partition coefficient (Wildman–Crippen LogP) is 3.52. The molecule has 4 nitrogen and oxygen atoms in total. The number of halogens is 2. The van der Waals surface area contributed by atoms with E-state index in [1.165, 1.54) is 6.33 Å². The van der Waals surface area contributed by atoms with Crippen molar-refractivity contribution >= 4 is 23.2 Å². The Hall–Kier alpha value is -1.10. The van der Waals surface area contributed by atoms with Gasteiger partial charge >= 0.3 is 0 Å². The van der Waals surface area contributed by atoms with E-state index >= 15 is 0 Å². The molecule has 1 heterocycles. The molecule has 2 rings (SSSR count). The summed E-state index contributed by atoms with van der Waals surface area (Å²) in [7, 11) is 0. The zero-order chi connectivity index (χ0) is 13.1. The Bertz CT molecular complexity index is 513. The fraction of sp³-hybridized carbons (Fsp3) is 0.333. The molecule has 18 heavy (non-hydrogen) atoms. The third-order valence-corrected chi connectivity index (χ3v) is 3.35. The molecule has 2 atom stereocenters. The van der Waals surface area contributed by atoms with Gasteiger partial charge in [0, 0.05) is 16.1 Å². The summed E-state index contributed by atoms with van der Waals surface area (Å²) in [5.74, 6) is 0.792. The smallest absolute Gasteiger partial charge is 0.141 e. The van der Waals surface area contributed by atoms with Crippen LogP contribution in [0.2, 0.25) is 10.0 Å². The SMILES string of the molecule is CC(NC(C)c1cc(Cl)ccc1Cl)c1ncn[nH]1. The van der Waals surface area contributed by atoms with E-state index in [4.69, 9.17) is 23.2 Å². The molecule has 0 spiro atoms. The van der Waals surface area contributed by atoms with Gasteiger partial charge in [-0.05, 0) is 37.6 Å². The molecular formula is C12H14Cl2N4. The summed E-state index contributed by atoms with van der Waals surface area (Å²) in [6.45, 7) is 4.04. The molecule has 0 aliphatic rings. The van der Waals surface area contributed by atoms with Crippen LogP contribution in [0, 0.1) is 0 Å². The topological polar surface area (TPSA) is 53.6 Å². The monoisotopic (exact) mass is 284 g/mol. The van der Waals surface area contributed by atoms with Crippen LogP contribution in [0.4, 0.5) is 0 Å². The predicted molar refractivity (Wildman–Crippen MR) is 72.8 cm³/mol. The van der Waals surface area contributed by atoms with Gasteiger partial charge in [-0.1, -0.05) is 23.2 Å². The average molecular weight is 285 g/mol. The Kier molecular flexibility index (Phi) is 4.22. The number of benzene rings is 1. The Balaban J connectivity index is 2.12. The minimum Gasteiger partial charge on any atom is -0.301 e. The van der Waals surface area contributed by atoms with Crippen molar-refractivity contribution in [1.29, 1.82) is 0 Å². The molecule has 0 fully saturated rings. The Morgan fingerprint density at radius 3 is 2.67 bits per heavy atom. The number of nitrogens with one attached hydrogen (secondary N) is 2. The van der Waals surface area contributed by atoms with Crippen molar-refractivity contribution in [3.8, 4) is 0 Å². The molecule has 2 aromatic rings. The number of H-pyrrole nitrogens is 1. The largest absolute Gasteiger partial charge is 0.301 e. The number of nitrogens with zero attached hydrogens (tertiary/aromatic N) is 2. The fourth-order valence-corrected chi connectivity index (χ4v) is 2.28. The fourth-order valence-electron chi connectivity index (χ4n) is 1.81. The quantitative estimate of drug-likeness (QED) is 0.903. The van der Waals surface area contributed by atoms with Crippen molar-refractivity contribution in [2.24, 2.45) is 0 Å². The van der Waals surface area contributed by atoms with Crippen molar-refractivity contribution < 1.29 is 0 Å². The number of rotatable bonds is 4. The Morgan fingerprint density at radius 1 is 1.22 bits per heavy atom. The highest BCUT2D eigenvalue weighted by Gasteiger charge is 2.15. The molecule has 0 bridgehead atoms. The number of hydrogen-bond donors (Lipinski definition) is 2. The summed E-state index contributed by atoms with van der Waals surface area (Å²) >= 11 is 12.1. The highest BCUT2D eigenvalue weighted by Crippen LogP contribution is 2.27. The lowest BCUT2D eigenvalue weighted by atomic mass is 10.1. The van der Waals surface area contributed by atoms with Crippen molar-refractivity contribution in [1.82, 2.24) is 20.5 Å². The third kappa shape index (κ3) is 3.02. The normalized spacial score (nSPS) is 14.4. The van der Waals surface area contributed by atoms with Gasteiger partial charge in [-0.25, -0.2) is 4.98 Å². The zero-order valence-corrected chi connectivity index (χ0v) is 11.6. The molecule has 96 valence electrons. The molecule has 2 N–H and O–H groups in total. The van der Waals surface area contributed by atoms with Gasteiger partial charge < -0.3 is 5.32 Å². The summed E-state index contributed by atoms with van der Waals surface area (Å²) in [4.78, 5) is 4.11. The molecule has 0 aliphatic heterocycles. The maximum absolute atomic E-state index is 6.17. The van der Waals surface area contributed by atoms with Gasteiger partial charge in [0.15, 0.2) is 0 Å². The lowest BCUT2D eigenvalue weighted by molar-refractivity contribution is 0.478. The summed E-state index contributed by atoms with van der Waals surface area (Å²) in [6.07, 6.45) is 1.49. The second-order valence-corrected chi connectivity index (χ2v) is 4.99. The maximum Gasteiger partial charge on any atom is 0.141 e. The van der Waals surface area contributed by atoms with Gasteiger partial charge in [-0.15, -0.1) is 0 Å². The van der Waals surface area contributed by atoms with E-state index in [9.17, 15) is 0 Å². The minimum absolute atomic E-state index is 0.0533. The highest BCUT2D eigenvalue weighted by atomic mass is 35.5. The first-order chi connectivity index (χ1) is 8.58. The van der Waals surface area contributed by atoms with E-state index in [1.807, 2.05) is 19.9 Å². The minimum atomic E-state index is 0.0533. The van der Waals surface area contributed by atoms with Crippen molar-refractivity contribution in [2.45, 2.75) is 25.9 Å². The van der Waals surface area contributed by atoms with Crippen LogP contribution in [0.5, 0.6) is 0 Å². The van der Waals surface area contributed by atoms with E-state index in [2.05, 4.69) is 20.5 Å². The molecule has 0 aliphatic carbocycles. The van der Waals surface area contributed by atoms with Gasteiger partial charge in [0.05, 0.1) is 6.04 Å². The molecular weight excluding hydrogens is 271 g/mol. The van der Waals surface area contributed by atoms with E-state index in [-0.39, 0.29) is 12.1 Å². The Morgan fingerprint density at radius 2 is 2.00 bits per heavy atom. The van der Waals surface area contributed by atoms with Crippen LogP contribution in [0.3, 0.4) is 0 Å². The molecule has 2 unspecified atom stereocenters. The molecule has 0 amide bonds. The van der Waals surface area contributed by atoms with Gasteiger partial charge in [-0.3, -0.25) is 5.10 Å². The standard InChI is InChI=1S/C12H14Cl2N4/c1-7(10-5-9(13)3-4-11(10)14)17-8(2)12-15-6-16-18-12/h3-8,17H,1-2H3,(H,15,16,18). The third-order valence-electron chi connectivity index (χ3n) is 2.77. The van der Waals surface area contributed by atoms with Crippen molar-refractivity contribution in [3.05, 3.63) is 46.0 Å². The first-order valence-electron chi connectivity index (χ1n) is 5.64. The first-order valence-corrected chi connectivity index (χ1v) is 6.39. The van der Waals surface area contributed by atoms with Crippen LogP contribution in [0.15, 0.2) is 24.5 Å². The highest BCUT2D eigenvalue weighted by molar-refractivity contribution is 6.33.